The third-order valence-electron chi connectivity index (χ3n) is 4.70. The van der Waals surface area contributed by atoms with Gasteiger partial charge in [0.25, 0.3) is 0 Å². The van der Waals surface area contributed by atoms with Gasteiger partial charge in [-0.15, -0.1) is 0 Å². The molecule has 0 spiro atoms. The number of aryl methyl sites for hydroxylation is 1. The van der Waals surface area contributed by atoms with E-state index in [-0.39, 0.29) is 0 Å². The quantitative estimate of drug-likeness (QED) is 0.300. The van der Waals surface area contributed by atoms with Crippen molar-refractivity contribution < 1.29 is 9.53 Å². The first kappa shape index (κ1) is 21.2. The van der Waals surface area contributed by atoms with Crippen LogP contribution in [0, 0.1) is 0 Å². The van der Waals surface area contributed by atoms with Gasteiger partial charge in [0.05, 0.1) is 13.7 Å². The molecule has 0 atom stereocenters. The molecule has 3 rings (SSSR count). The van der Waals surface area contributed by atoms with Crippen molar-refractivity contribution in [2.75, 3.05) is 25.5 Å². The Morgan fingerprint density at radius 1 is 1.07 bits per heavy atom. The summed E-state index contributed by atoms with van der Waals surface area (Å²) in [6.07, 6.45) is 2.66. The number of para-hydroxylation sites is 1. The molecule has 0 saturated carbocycles. The molecule has 0 unspecified atom stereocenters. The van der Waals surface area contributed by atoms with Crippen molar-refractivity contribution in [3.63, 3.8) is 0 Å². The average Bonchev–Trinajstić information content (AvgIpc) is 3.19. The SMILES string of the molecule is CCNC(=NCc1ccc(NC(=O)OC)cc1)NCCCn1ccc2ccccc21. The Morgan fingerprint density at radius 3 is 2.63 bits per heavy atom. The molecular weight excluding hydrogens is 378 g/mol. The molecule has 0 aliphatic heterocycles. The second-order valence-electron chi connectivity index (χ2n) is 6.86. The van der Waals surface area contributed by atoms with E-state index in [0.717, 1.165) is 37.6 Å². The van der Waals surface area contributed by atoms with E-state index >= 15 is 0 Å². The summed E-state index contributed by atoms with van der Waals surface area (Å²) in [6.45, 7) is 5.19. The third kappa shape index (κ3) is 6.01. The van der Waals surface area contributed by atoms with Crippen LogP contribution in [0.15, 0.2) is 65.8 Å². The smallest absolute Gasteiger partial charge is 0.411 e. The summed E-state index contributed by atoms with van der Waals surface area (Å²) in [5.74, 6) is 0.798. The number of fused-ring (bicyclic) bond motifs is 1. The Hall–Kier alpha value is -3.48. The van der Waals surface area contributed by atoms with Gasteiger partial charge in [-0.2, -0.15) is 0 Å². The number of hydrogen-bond acceptors (Lipinski definition) is 3. The Balaban J connectivity index is 1.48. The summed E-state index contributed by atoms with van der Waals surface area (Å²) < 4.78 is 6.87. The number of hydrogen-bond donors (Lipinski definition) is 3. The van der Waals surface area contributed by atoms with Crippen LogP contribution in [-0.4, -0.2) is 36.8 Å². The second-order valence-corrected chi connectivity index (χ2v) is 6.86. The normalized spacial score (nSPS) is 11.3. The Bertz CT molecular complexity index is 979. The maximum Gasteiger partial charge on any atom is 0.411 e. The van der Waals surface area contributed by atoms with Crippen LogP contribution in [0.2, 0.25) is 0 Å². The number of aromatic nitrogens is 1. The summed E-state index contributed by atoms with van der Waals surface area (Å²) in [5.41, 5.74) is 3.02. The van der Waals surface area contributed by atoms with E-state index in [9.17, 15) is 4.79 Å². The fraction of sp³-hybridized carbons (Fsp3) is 0.304. The number of anilines is 1. The molecule has 30 heavy (non-hydrogen) atoms. The molecule has 0 bridgehead atoms. The van der Waals surface area contributed by atoms with Gasteiger partial charge in [0, 0.05) is 37.0 Å². The lowest BCUT2D eigenvalue weighted by molar-refractivity contribution is 0.187. The number of benzene rings is 2. The van der Waals surface area contributed by atoms with E-state index in [2.05, 4.69) is 73.7 Å². The topological polar surface area (TPSA) is 79.7 Å². The van der Waals surface area contributed by atoms with Gasteiger partial charge in [-0.3, -0.25) is 5.32 Å². The fourth-order valence-electron chi connectivity index (χ4n) is 3.17. The highest BCUT2D eigenvalue weighted by Crippen LogP contribution is 2.15. The van der Waals surface area contributed by atoms with Crippen molar-refractivity contribution in [1.82, 2.24) is 15.2 Å². The molecule has 158 valence electrons. The van der Waals surface area contributed by atoms with E-state index in [1.165, 1.54) is 18.0 Å². The van der Waals surface area contributed by atoms with Gasteiger partial charge in [0.1, 0.15) is 0 Å². The zero-order valence-corrected chi connectivity index (χ0v) is 17.5. The number of carbonyl (C=O) groups excluding carboxylic acids is 1. The summed E-state index contributed by atoms with van der Waals surface area (Å²) in [4.78, 5) is 15.9. The number of nitrogens with zero attached hydrogens (tertiary/aromatic N) is 2. The van der Waals surface area contributed by atoms with Crippen LogP contribution >= 0.6 is 0 Å². The van der Waals surface area contributed by atoms with Crippen LogP contribution in [0.1, 0.15) is 18.9 Å². The van der Waals surface area contributed by atoms with Gasteiger partial charge < -0.3 is 19.9 Å². The van der Waals surface area contributed by atoms with Crippen LogP contribution in [-0.2, 0) is 17.8 Å². The molecule has 7 nitrogen and oxygen atoms in total. The van der Waals surface area contributed by atoms with Crippen molar-refractivity contribution in [1.29, 1.82) is 0 Å². The van der Waals surface area contributed by atoms with Gasteiger partial charge in [0.2, 0.25) is 0 Å². The number of guanidine groups is 1. The number of rotatable bonds is 8. The summed E-state index contributed by atoms with van der Waals surface area (Å²) >= 11 is 0. The molecule has 3 aromatic rings. The molecule has 2 aromatic carbocycles. The van der Waals surface area contributed by atoms with E-state index < -0.39 is 6.09 Å². The Morgan fingerprint density at radius 2 is 1.87 bits per heavy atom. The zero-order valence-electron chi connectivity index (χ0n) is 17.5. The zero-order chi connectivity index (χ0) is 21.2. The standard InChI is InChI=1S/C23H29N5O2/c1-3-24-22(26-17-18-9-11-20(12-10-18)27-23(29)30-2)25-14-6-15-28-16-13-19-7-4-5-8-21(19)28/h4-5,7-13,16H,3,6,14-15,17H2,1-2H3,(H,27,29)(H2,24,25,26). The molecular formula is C23H29N5O2. The largest absolute Gasteiger partial charge is 0.453 e. The number of methoxy groups -OCH3 is 1. The molecule has 1 heterocycles. The Labute approximate surface area is 177 Å². The summed E-state index contributed by atoms with van der Waals surface area (Å²) in [6, 6.07) is 18.1. The van der Waals surface area contributed by atoms with Crippen LogP contribution in [0.4, 0.5) is 10.5 Å². The molecule has 0 radical (unpaired) electrons. The van der Waals surface area contributed by atoms with Gasteiger partial charge in [-0.1, -0.05) is 30.3 Å². The number of ether oxygens (including phenoxy) is 1. The molecule has 1 aromatic heterocycles. The molecule has 1 amide bonds. The van der Waals surface area contributed by atoms with Crippen molar-refractivity contribution in [2.24, 2.45) is 4.99 Å². The summed E-state index contributed by atoms with van der Waals surface area (Å²) in [7, 11) is 1.34. The lowest BCUT2D eigenvalue weighted by atomic mass is 10.2. The average molecular weight is 408 g/mol. The minimum atomic E-state index is -0.479. The number of nitrogens with one attached hydrogen (secondary N) is 3. The first-order valence-corrected chi connectivity index (χ1v) is 10.2. The highest BCUT2D eigenvalue weighted by molar-refractivity contribution is 5.84. The van der Waals surface area contributed by atoms with E-state index in [4.69, 9.17) is 0 Å². The molecule has 7 heteroatoms. The van der Waals surface area contributed by atoms with Gasteiger partial charge in [-0.05, 0) is 48.6 Å². The summed E-state index contributed by atoms with van der Waals surface area (Å²) in [5, 5.41) is 10.6. The van der Waals surface area contributed by atoms with Crippen molar-refractivity contribution >= 4 is 28.6 Å². The van der Waals surface area contributed by atoms with Crippen LogP contribution in [0.25, 0.3) is 10.9 Å². The second kappa shape index (κ2) is 10.9. The molecule has 0 aliphatic rings. The van der Waals surface area contributed by atoms with Gasteiger partial charge in [-0.25, -0.2) is 9.79 Å². The lowest BCUT2D eigenvalue weighted by Gasteiger charge is -2.12. The predicted molar refractivity (Wildman–Crippen MR) is 122 cm³/mol. The maximum absolute atomic E-state index is 11.2. The lowest BCUT2D eigenvalue weighted by Crippen LogP contribution is -2.38. The van der Waals surface area contributed by atoms with Crippen molar-refractivity contribution in [3.8, 4) is 0 Å². The Kier molecular flexibility index (Phi) is 7.71. The van der Waals surface area contributed by atoms with E-state index in [1.807, 2.05) is 24.3 Å². The third-order valence-corrected chi connectivity index (χ3v) is 4.70. The van der Waals surface area contributed by atoms with Crippen LogP contribution < -0.4 is 16.0 Å². The fourth-order valence-corrected chi connectivity index (χ4v) is 3.17. The van der Waals surface area contributed by atoms with Crippen molar-refractivity contribution in [3.05, 3.63) is 66.4 Å². The van der Waals surface area contributed by atoms with Gasteiger partial charge in [0.15, 0.2) is 5.96 Å². The molecule has 0 aliphatic carbocycles. The van der Waals surface area contributed by atoms with Crippen LogP contribution in [0.5, 0.6) is 0 Å². The van der Waals surface area contributed by atoms with Gasteiger partial charge >= 0.3 is 6.09 Å². The number of amides is 1. The highest BCUT2D eigenvalue weighted by atomic mass is 16.5. The predicted octanol–water partition coefficient (Wildman–Crippen LogP) is 3.97. The minimum Gasteiger partial charge on any atom is -0.453 e. The number of aliphatic imine (C=N–C) groups is 1. The monoisotopic (exact) mass is 407 g/mol. The first-order chi connectivity index (χ1) is 14.7. The first-order valence-electron chi connectivity index (χ1n) is 10.2. The highest BCUT2D eigenvalue weighted by Gasteiger charge is 2.02. The molecule has 3 N–H and O–H groups in total. The molecule has 0 fully saturated rings. The van der Waals surface area contributed by atoms with Crippen LogP contribution in [0.3, 0.4) is 0 Å². The molecule has 0 saturated heterocycles. The maximum atomic E-state index is 11.2. The van der Waals surface area contributed by atoms with E-state index in [1.54, 1.807) is 0 Å². The number of carbonyl (C=O) groups is 1. The van der Waals surface area contributed by atoms with Crippen molar-refractivity contribution in [2.45, 2.75) is 26.4 Å². The minimum absolute atomic E-state index is 0.479. The van der Waals surface area contributed by atoms with E-state index in [0.29, 0.717) is 12.2 Å².